The van der Waals surface area contributed by atoms with E-state index >= 15 is 0 Å². The maximum atomic E-state index is 13.3. The van der Waals surface area contributed by atoms with Gasteiger partial charge in [-0.05, 0) is 31.6 Å². The molecule has 2 N–H and O–H groups in total. The van der Waals surface area contributed by atoms with Gasteiger partial charge in [0.25, 0.3) is 0 Å². The molecule has 0 saturated carbocycles. The molecule has 2 atom stereocenters. The van der Waals surface area contributed by atoms with E-state index in [4.69, 9.17) is 5.21 Å². The van der Waals surface area contributed by atoms with E-state index in [9.17, 15) is 14.4 Å². The fourth-order valence-electron chi connectivity index (χ4n) is 4.36. The number of carbonyl (C=O) groups excluding carboxylic acids is 3. The van der Waals surface area contributed by atoms with E-state index in [-0.39, 0.29) is 24.2 Å². The van der Waals surface area contributed by atoms with Crippen molar-refractivity contribution in [1.29, 1.82) is 0 Å². The molecule has 2 heterocycles. The highest BCUT2D eigenvalue weighted by atomic mass is 16.5. The molecule has 0 aromatic rings. The summed E-state index contributed by atoms with van der Waals surface area (Å²) in [6.45, 7) is 8.00. The van der Waals surface area contributed by atoms with Gasteiger partial charge in [-0.3, -0.25) is 19.6 Å². The van der Waals surface area contributed by atoms with Crippen molar-refractivity contribution in [3.05, 3.63) is 0 Å². The van der Waals surface area contributed by atoms with Gasteiger partial charge in [0, 0.05) is 26.1 Å². The lowest BCUT2D eigenvalue weighted by atomic mass is 9.78. The fraction of sp³-hybridized carbons (Fsp3) is 0.842. The number of rotatable bonds is 8. The van der Waals surface area contributed by atoms with Crippen LogP contribution in [0.3, 0.4) is 0 Å². The average molecular weight is 367 g/mol. The number of nitrogens with zero attached hydrogens (tertiary/aromatic N) is 2. The highest BCUT2D eigenvalue weighted by Crippen LogP contribution is 2.42. The molecule has 2 aliphatic rings. The van der Waals surface area contributed by atoms with Crippen molar-refractivity contribution in [3.8, 4) is 0 Å². The minimum atomic E-state index is -0.804. The van der Waals surface area contributed by atoms with Crippen molar-refractivity contribution in [2.75, 3.05) is 19.6 Å². The molecule has 7 heteroatoms. The van der Waals surface area contributed by atoms with Gasteiger partial charge in [0.15, 0.2) is 0 Å². The van der Waals surface area contributed by atoms with E-state index in [1.807, 2.05) is 25.7 Å². The zero-order chi connectivity index (χ0) is 19.3. The third-order valence-corrected chi connectivity index (χ3v) is 5.82. The quantitative estimate of drug-likeness (QED) is 0.507. The average Bonchev–Trinajstić information content (AvgIpc) is 3.24. The number of carbonyl (C=O) groups is 3. The molecule has 148 valence electrons. The molecular weight excluding hydrogens is 334 g/mol. The Balaban J connectivity index is 2.23. The van der Waals surface area contributed by atoms with Gasteiger partial charge < -0.3 is 9.80 Å². The van der Waals surface area contributed by atoms with Gasteiger partial charge in [-0.1, -0.05) is 33.6 Å². The molecular formula is C19H33N3O4. The topological polar surface area (TPSA) is 89.9 Å². The summed E-state index contributed by atoms with van der Waals surface area (Å²) in [6.07, 6.45) is 4.93. The van der Waals surface area contributed by atoms with Crippen LogP contribution in [0.5, 0.6) is 0 Å². The number of hydroxylamine groups is 1. The molecule has 2 aliphatic heterocycles. The third-order valence-electron chi connectivity index (χ3n) is 5.82. The monoisotopic (exact) mass is 367 g/mol. The molecule has 3 amide bonds. The molecule has 0 spiro atoms. The van der Waals surface area contributed by atoms with Gasteiger partial charge in [0.05, 0.1) is 5.41 Å². The number of hydrogen-bond donors (Lipinski definition) is 2. The maximum absolute atomic E-state index is 13.3. The Morgan fingerprint density at radius 3 is 2.42 bits per heavy atom. The van der Waals surface area contributed by atoms with Crippen molar-refractivity contribution < 1.29 is 19.6 Å². The summed E-state index contributed by atoms with van der Waals surface area (Å²) >= 11 is 0. The molecule has 0 unspecified atom stereocenters. The van der Waals surface area contributed by atoms with Crippen LogP contribution in [-0.4, -0.2) is 58.4 Å². The van der Waals surface area contributed by atoms with Gasteiger partial charge in [-0.15, -0.1) is 0 Å². The van der Waals surface area contributed by atoms with Crippen molar-refractivity contribution in [3.63, 3.8) is 0 Å². The van der Waals surface area contributed by atoms with E-state index in [1.165, 1.54) is 0 Å². The standard InChI is InChI=1S/C19H33N3O4/c1-4-5-8-19(13-15(23)20-26)9-12-22(18(19)25)16(14(2)3)17(24)21-10-6-7-11-21/h14,16,26H,4-13H2,1-3H3,(H,20,23)/t16-,19-/m0/s1. The summed E-state index contributed by atoms with van der Waals surface area (Å²) < 4.78 is 0. The molecule has 7 nitrogen and oxygen atoms in total. The van der Waals surface area contributed by atoms with Gasteiger partial charge in [-0.2, -0.15) is 0 Å². The zero-order valence-corrected chi connectivity index (χ0v) is 16.3. The number of likely N-dealkylation sites (tertiary alicyclic amines) is 2. The lowest BCUT2D eigenvalue weighted by molar-refractivity contribution is -0.150. The number of hydrogen-bond acceptors (Lipinski definition) is 4. The first-order valence-electron chi connectivity index (χ1n) is 9.89. The van der Waals surface area contributed by atoms with Crippen LogP contribution in [0.1, 0.15) is 65.7 Å². The van der Waals surface area contributed by atoms with E-state index < -0.39 is 17.4 Å². The van der Waals surface area contributed by atoms with E-state index in [0.29, 0.717) is 19.4 Å². The maximum Gasteiger partial charge on any atom is 0.245 e. The predicted molar refractivity (Wildman–Crippen MR) is 97.3 cm³/mol. The Bertz CT molecular complexity index is 531. The van der Waals surface area contributed by atoms with Crippen molar-refractivity contribution >= 4 is 17.7 Å². The fourth-order valence-corrected chi connectivity index (χ4v) is 4.36. The second kappa shape index (κ2) is 8.84. The number of unbranched alkanes of at least 4 members (excludes halogenated alkanes) is 1. The van der Waals surface area contributed by atoms with E-state index in [1.54, 1.807) is 10.4 Å². The Kier molecular flexibility index (Phi) is 7.03. The molecule has 0 bridgehead atoms. The minimum Gasteiger partial charge on any atom is -0.341 e. The van der Waals surface area contributed by atoms with Gasteiger partial charge >= 0.3 is 0 Å². The Morgan fingerprint density at radius 2 is 1.88 bits per heavy atom. The Morgan fingerprint density at radius 1 is 1.23 bits per heavy atom. The summed E-state index contributed by atoms with van der Waals surface area (Å²) in [5.41, 5.74) is 0.859. The second-order valence-corrected chi connectivity index (χ2v) is 8.07. The molecule has 2 fully saturated rings. The largest absolute Gasteiger partial charge is 0.341 e. The zero-order valence-electron chi connectivity index (χ0n) is 16.3. The lowest BCUT2D eigenvalue weighted by Crippen LogP contribution is -2.53. The van der Waals surface area contributed by atoms with Crippen molar-refractivity contribution in [2.24, 2.45) is 11.3 Å². The van der Waals surface area contributed by atoms with Crippen LogP contribution < -0.4 is 5.48 Å². The molecule has 0 aromatic heterocycles. The van der Waals surface area contributed by atoms with Crippen molar-refractivity contribution in [1.82, 2.24) is 15.3 Å². The molecule has 0 aliphatic carbocycles. The summed E-state index contributed by atoms with van der Waals surface area (Å²) in [4.78, 5) is 41.8. The van der Waals surface area contributed by atoms with Gasteiger partial charge in [0.1, 0.15) is 6.04 Å². The smallest absolute Gasteiger partial charge is 0.245 e. The highest BCUT2D eigenvalue weighted by Gasteiger charge is 2.51. The van der Waals surface area contributed by atoms with Crippen molar-refractivity contribution in [2.45, 2.75) is 71.8 Å². The minimum absolute atomic E-state index is 0.0145. The SMILES string of the molecule is CCCC[C@@]1(CC(=O)NO)CCN([C@H](C(=O)N2CCCC2)C(C)C)C1=O. The summed E-state index contributed by atoms with van der Waals surface area (Å²) in [7, 11) is 0. The lowest BCUT2D eigenvalue weighted by Gasteiger charge is -2.35. The van der Waals surface area contributed by atoms with E-state index in [0.717, 1.165) is 38.8 Å². The van der Waals surface area contributed by atoms with E-state index in [2.05, 4.69) is 0 Å². The van der Waals surface area contributed by atoms with Crippen LogP contribution in [0.2, 0.25) is 0 Å². The first-order chi connectivity index (χ1) is 12.4. The molecule has 0 aromatic carbocycles. The Hall–Kier alpha value is -1.63. The van der Waals surface area contributed by atoms with Gasteiger partial charge in [0.2, 0.25) is 17.7 Å². The predicted octanol–water partition coefficient (Wildman–Crippen LogP) is 1.94. The summed E-state index contributed by atoms with van der Waals surface area (Å²) in [5, 5.41) is 8.93. The second-order valence-electron chi connectivity index (χ2n) is 8.07. The normalized spacial score (nSPS) is 24.4. The van der Waals surface area contributed by atoms with Crippen LogP contribution in [0, 0.1) is 11.3 Å². The van der Waals surface area contributed by atoms with Crippen LogP contribution in [-0.2, 0) is 14.4 Å². The number of amides is 3. The van der Waals surface area contributed by atoms with Crippen LogP contribution >= 0.6 is 0 Å². The first kappa shape index (κ1) is 20.7. The van der Waals surface area contributed by atoms with Crippen LogP contribution in [0.4, 0.5) is 0 Å². The third kappa shape index (κ3) is 4.19. The molecule has 26 heavy (non-hydrogen) atoms. The Labute approximate surface area is 156 Å². The first-order valence-corrected chi connectivity index (χ1v) is 9.89. The summed E-state index contributed by atoms with van der Waals surface area (Å²) in [6, 6.07) is -0.471. The molecule has 2 rings (SSSR count). The van der Waals surface area contributed by atoms with Crippen LogP contribution in [0.25, 0.3) is 0 Å². The molecule has 0 radical (unpaired) electrons. The molecule has 2 saturated heterocycles. The highest BCUT2D eigenvalue weighted by molar-refractivity contribution is 5.94. The number of nitrogens with one attached hydrogen (secondary N) is 1. The van der Waals surface area contributed by atoms with Crippen LogP contribution in [0.15, 0.2) is 0 Å². The summed E-state index contributed by atoms with van der Waals surface area (Å²) in [5.74, 6) is -0.603. The van der Waals surface area contributed by atoms with Gasteiger partial charge in [-0.25, -0.2) is 5.48 Å².